The Morgan fingerprint density at radius 1 is 1.15 bits per heavy atom. The summed E-state index contributed by atoms with van der Waals surface area (Å²) in [5.74, 6) is 0.206. The van der Waals surface area contributed by atoms with Gasteiger partial charge in [-0.1, -0.05) is 28.9 Å². The van der Waals surface area contributed by atoms with Crippen molar-refractivity contribution in [2.75, 3.05) is 6.54 Å². The molecule has 5 nitrogen and oxygen atoms in total. The van der Waals surface area contributed by atoms with Gasteiger partial charge in [-0.15, -0.1) is 0 Å². The van der Waals surface area contributed by atoms with Crippen molar-refractivity contribution < 1.29 is 22.5 Å². The quantitative estimate of drug-likeness (QED) is 0.696. The van der Waals surface area contributed by atoms with Crippen LogP contribution in [-0.4, -0.2) is 22.6 Å². The SMILES string of the molecule is O=C(NCCc1nc(-c2cccc(Cl)c2)no1)c1ccc(C(F)(F)F)cc1. The second-order valence-electron chi connectivity index (χ2n) is 5.60. The van der Waals surface area contributed by atoms with Crippen molar-refractivity contribution in [2.24, 2.45) is 0 Å². The molecule has 0 atom stereocenters. The second-order valence-corrected chi connectivity index (χ2v) is 6.04. The number of carbonyl (C=O) groups is 1. The molecule has 0 saturated heterocycles. The van der Waals surface area contributed by atoms with Gasteiger partial charge in [0, 0.05) is 29.1 Å². The molecule has 140 valence electrons. The van der Waals surface area contributed by atoms with E-state index in [1.54, 1.807) is 24.3 Å². The molecule has 1 N–H and O–H groups in total. The maximum atomic E-state index is 12.5. The molecule has 0 aliphatic carbocycles. The molecule has 3 aromatic rings. The summed E-state index contributed by atoms with van der Waals surface area (Å²) in [6.07, 6.45) is -4.16. The fourth-order valence-electron chi connectivity index (χ4n) is 2.30. The van der Waals surface area contributed by atoms with Crippen LogP contribution >= 0.6 is 11.6 Å². The first-order valence-corrected chi connectivity index (χ1v) is 8.25. The van der Waals surface area contributed by atoms with Crippen molar-refractivity contribution in [2.45, 2.75) is 12.6 Å². The lowest BCUT2D eigenvalue weighted by atomic mass is 10.1. The zero-order chi connectivity index (χ0) is 19.4. The second kappa shape index (κ2) is 7.79. The van der Waals surface area contributed by atoms with E-state index in [-0.39, 0.29) is 18.5 Å². The Morgan fingerprint density at radius 3 is 2.56 bits per heavy atom. The summed E-state index contributed by atoms with van der Waals surface area (Å²) in [6, 6.07) is 11.0. The standard InChI is InChI=1S/C18H13ClF3N3O2/c19-14-3-1-2-12(10-14)16-24-15(27-25-16)8-9-23-17(26)11-4-6-13(7-5-11)18(20,21)22/h1-7,10H,8-9H2,(H,23,26). The Labute approximate surface area is 157 Å². The van der Waals surface area contributed by atoms with Gasteiger partial charge in [0.15, 0.2) is 0 Å². The van der Waals surface area contributed by atoms with Crippen molar-refractivity contribution in [1.29, 1.82) is 0 Å². The molecule has 1 amide bonds. The van der Waals surface area contributed by atoms with Crippen LogP contribution in [0, 0.1) is 0 Å². The molecular formula is C18H13ClF3N3O2. The zero-order valence-corrected chi connectivity index (χ0v) is 14.5. The van der Waals surface area contributed by atoms with Crippen molar-refractivity contribution in [3.63, 3.8) is 0 Å². The molecule has 2 aromatic carbocycles. The average molecular weight is 396 g/mol. The molecule has 0 aliphatic rings. The minimum Gasteiger partial charge on any atom is -0.352 e. The minimum absolute atomic E-state index is 0.133. The fraction of sp³-hybridized carbons (Fsp3) is 0.167. The van der Waals surface area contributed by atoms with Crippen LogP contribution in [0.4, 0.5) is 13.2 Å². The van der Waals surface area contributed by atoms with Crippen LogP contribution in [0.25, 0.3) is 11.4 Å². The summed E-state index contributed by atoms with van der Waals surface area (Å²) in [4.78, 5) is 16.2. The van der Waals surface area contributed by atoms with E-state index in [9.17, 15) is 18.0 Å². The van der Waals surface area contributed by atoms with Crippen LogP contribution in [0.1, 0.15) is 21.8 Å². The van der Waals surface area contributed by atoms with Gasteiger partial charge in [-0.2, -0.15) is 18.2 Å². The van der Waals surface area contributed by atoms with E-state index in [1.165, 1.54) is 0 Å². The van der Waals surface area contributed by atoms with Gasteiger partial charge < -0.3 is 9.84 Å². The number of rotatable bonds is 5. The summed E-state index contributed by atoms with van der Waals surface area (Å²) in [6.45, 7) is 0.192. The number of hydrogen-bond acceptors (Lipinski definition) is 4. The lowest BCUT2D eigenvalue weighted by Crippen LogP contribution is -2.25. The third-order valence-electron chi connectivity index (χ3n) is 3.65. The fourth-order valence-corrected chi connectivity index (χ4v) is 2.49. The van der Waals surface area contributed by atoms with E-state index in [2.05, 4.69) is 15.5 Å². The van der Waals surface area contributed by atoms with Gasteiger partial charge in [0.25, 0.3) is 5.91 Å². The Bertz CT molecular complexity index is 940. The minimum atomic E-state index is -4.44. The largest absolute Gasteiger partial charge is 0.416 e. The van der Waals surface area contributed by atoms with Crippen molar-refractivity contribution in [1.82, 2.24) is 15.5 Å². The first-order valence-electron chi connectivity index (χ1n) is 7.87. The summed E-state index contributed by atoms with van der Waals surface area (Å²) < 4.78 is 42.7. The maximum absolute atomic E-state index is 12.5. The van der Waals surface area contributed by atoms with Gasteiger partial charge >= 0.3 is 6.18 Å². The Hall–Kier alpha value is -2.87. The van der Waals surface area contributed by atoms with E-state index in [0.717, 1.165) is 24.3 Å². The molecule has 0 aliphatic heterocycles. The van der Waals surface area contributed by atoms with E-state index >= 15 is 0 Å². The van der Waals surface area contributed by atoms with E-state index in [1.807, 2.05) is 0 Å². The van der Waals surface area contributed by atoms with Gasteiger partial charge in [0.2, 0.25) is 11.7 Å². The van der Waals surface area contributed by atoms with E-state index in [4.69, 9.17) is 16.1 Å². The number of alkyl halides is 3. The molecule has 1 heterocycles. The lowest BCUT2D eigenvalue weighted by Gasteiger charge is -2.07. The average Bonchev–Trinajstić information content (AvgIpc) is 3.10. The third kappa shape index (κ3) is 4.85. The smallest absolute Gasteiger partial charge is 0.352 e. The molecule has 9 heteroatoms. The molecule has 27 heavy (non-hydrogen) atoms. The number of carbonyl (C=O) groups excluding carboxylic acids is 1. The number of hydrogen-bond donors (Lipinski definition) is 1. The summed E-state index contributed by atoms with van der Waals surface area (Å²) in [5, 5.41) is 6.99. The molecule has 3 rings (SSSR count). The molecule has 0 bridgehead atoms. The number of halogens is 4. The van der Waals surface area contributed by atoms with Gasteiger partial charge in [-0.25, -0.2) is 0 Å². The molecule has 1 aromatic heterocycles. The first-order chi connectivity index (χ1) is 12.8. The van der Waals surface area contributed by atoms with Crippen molar-refractivity contribution >= 4 is 17.5 Å². The Morgan fingerprint density at radius 2 is 1.89 bits per heavy atom. The summed E-state index contributed by atoms with van der Waals surface area (Å²) in [7, 11) is 0. The molecule has 0 saturated carbocycles. The summed E-state index contributed by atoms with van der Waals surface area (Å²) in [5.41, 5.74) is 0.0258. The lowest BCUT2D eigenvalue weighted by molar-refractivity contribution is -0.137. The molecule has 0 radical (unpaired) electrons. The number of benzene rings is 2. The number of nitrogens with zero attached hydrogens (tertiary/aromatic N) is 2. The molecule has 0 spiro atoms. The van der Waals surface area contributed by atoms with Crippen molar-refractivity contribution in [3.05, 3.63) is 70.6 Å². The number of amides is 1. The van der Waals surface area contributed by atoms with Crippen LogP contribution in [0.15, 0.2) is 53.1 Å². The maximum Gasteiger partial charge on any atom is 0.416 e. The normalized spacial score (nSPS) is 11.4. The topological polar surface area (TPSA) is 68.0 Å². The van der Waals surface area contributed by atoms with E-state index in [0.29, 0.717) is 22.3 Å². The van der Waals surface area contributed by atoms with Crippen LogP contribution in [0.3, 0.4) is 0 Å². The monoisotopic (exact) mass is 395 g/mol. The highest BCUT2D eigenvalue weighted by molar-refractivity contribution is 6.30. The van der Waals surface area contributed by atoms with Gasteiger partial charge in [-0.05, 0) is 36.4 Å². The van der Waals surface area contributed by atoms with Crippen LogP contribution in [-0.2, 0) is 12.6 Å². The first kappa shape index (κ1) is 18.9. The highest BCUT2D eigenvalue weighted by Crippen LogP contribution is 2.29. The third-order valence-corrected chi connectivity index (χ3v) is 3.88. The number of nitrogens with one attached hydrogen (secondary N) is 1. The van der Waals surface area contributed by atoms with Crippen LogP contribution in [0.5, 0.6) is 0 Å². The number of aromatic nitrogens is 2. The Kier molecular flexibility index (Phi) is 5.46. The highest BCUT2D eigenvalue weighted by atomic mass is 35.5. The predicted molar refractivity (Wildman–Crippen MR) is 92.2 cm³/mol. The zero-order valence-electron chi connectivity index (χ0n) is 13.8. The van der Waals surface area contributed by atoms with Gasteiger partial charge in [-0.3, -0.25) is 4.79 Å². The summed E-state index contributed by atoms with van der Waals surface area (Å²) >= 11 is 5.92. The van der Waals surface area contributed by atoms with E-state index < -0.39 is 17.6 Å². The van der Waals surface area contributed by atoms with Gasteiger partial charge in [0.05, 0.1) is 5.56 Å². The van der Waals surface area contributed by atoms with Gasteiger partial charge in [0.1, 0.15) is 0 Å². The molecule has 0 fully saturated rings. The highest BCUT2D eigenvalue weighted by Gasteiger charge is 2.30. The Balaban J connectivity index is 1.55. The van der Waals surface area contributed by atoms with Crippen LogP contribution in [0.2, 0.25) is 5.02 Å². The predicted octanol–water partition coefficient (Wildman–Crippen LogP) is 4.38. The molecular weight excluding hydrogens is 383 g/mol. The van der Waals surface area contributed by atoms with Crippen molar-refractivity contribution in [3.8, 4) is 11.4 Å². The molecule has 0 unspecified atom stereocenters. The van der Waals surface area contributed by atoms with Crippen LogP contribution < -0.4 is 5.32 Å².